The van der Waals surface area contributed by atoms with Gasteiger partial charge in [0, 0.05) is 18.0 Å². The predicted octanol–water partition coefficient (Wildman–Crippen LogP) is 2.29. The summed E-state index contributed by atoms with van der Waals surface area (Å²) >= 11 is 0.982. The molecule has 2 nitrogen and oxygen atoms in total. The minimum absolute atomic E-state index is 0.125. The Morgan fingerprint density at radius 2 is 2.25 bits per heavy atom. The molecule has 0 aliphatic rings. The fourth-order valence-corrected chi connectivity index (χ4v) is 1.44. The van der Waals surface area contributed by atoms with Gasteiger partial charge in [-0.2, -0.15) is 8.78 Å². The van der Waals surface area contributed by atoms with Gasteiger partial charge in [-0.1, -0.05) is 0 Å². The number of thiazole rings is 1. The zero-order valence-corrected chi connectivity index (χ0v) is 7.41. The average Bonchev–Trinajstić information content (AvgIpc) is 2.32. The fourth-order valence-electron chi connectivity index (χ4n) is 0.647. The smallest absolute Gasteiger partial charge is 0.285 e. The van der Waals surface area contributed by atoms with Crippen LogP contribution in [0.15, 0.2) is 6.20 Å². The zero-order valence-electron chi connectivity index (χ0n) is 6.60. The monoisotopic (exact) mass is 191 g/mol. The lowest BCUT2D eigenvalue weighted by Crippen LogP contribution is -2.23. The number of hydrogen-bond acceptors (Lipinski definition) is 3. The molecule has 0 aromatic carbocycles. The van der Waals surface area contributed by atoms with Crippen molar-refractivity contribution in [3.05, 3.63) is 16.1 Å². The van der Waals surface area contributed by atoms with Gasteiger partial charge < -0.3 is 0 Å². The predicted molar refractivity (Wildman–Crippen MR) is 41.8 cm³/mol. The van der Waals surface area contributed by atoms with Crippen LogP contribution in [-0.2, 0) is 0 Å². The van der Waals surface area contributed by atoms with Crippen LogP contribution in [0.4, 0.5) is 8.78 Å². The van der Waals surface area contributed by atoms with E-state index >= 15 is 0 Å². The largest absolute Gasteiger partial charge is 0.309 e. The zero-order chi connectivity index (χ0) is 9.35. The van der Waals surface area contributed by atoms with E-state index in [9.17, 15) is 13.6 Å². The molecule has 0 fully saturated rings. The van der Waals surface area contributed by atoms with Gasteiger partial charge in [0.15, 0.2) is 5.01 Å². The first-order valence-corrected chi connectivity index (χ1v) is 4.08. The Labute approximate surface area is 72.2 Å². The Morgan fingerprint density at radius 1 is 1.67 bits per heavy atom. The number of rotatable bonds is 2. The Bertz CT molecular complexity index is 303. The Hall–Kier alpha value is -0.840. The van der Waals surface area contributed by atoms with Crippen LogP contribution in [0.3, 0.4) is 0 Å². The number of carbonyl (C=O) groups excluding carboxylic acids is 1. The molecule has 0 aliphatic heterocycles. The summed E-state index contributed by atoms with van der Waals surface area (Å²) in [4.78, 5) is 15.2. The van der Waals surface area contributed by atoms with Crippen LogP contribution in [0, 0.1) is 6.92 Å². The number of aromatic nitrogens is 1. The van der Waals surface area contributed by atoms with Crippen molar-refractivity contribution < 1.29 is 13.6 Å². The highest BCUT2D eigenvalue weighted by atomic mass is 32.1. The van der Waals surface area contributed by atoms with Gasteiger partial charge in [0.25, 0.3) is 5.78 Å². The van der Waals surface area contributed by atoms with Crippen LogP contribution in [0.1, 0.15) is 21.6 Å². The van der Waals surface area contributed by atoms with Crippen molar-refractivity contribution in [3.63, 3.8) is 0 Å². The summed E-state index contributed by atoms with van der Waals surface area (Å²) in [5.41, 5.74) is 0. The van der Waals surface area contributed by atoms with Crippen molar-refractivity contribution in [3.8, 4) is 0 Å². The number of nitrogens with zero attached hydrogens (tertiary/aromatic N) is 1. The second-order valence-corrected chi connectivity index (χ2v) is 3.73. The third kappa shape index (κ3) is 1.85. The maximum absolute atomic E-state index is 12.4. The summed E-state index contributed by atoms with van der Waals surface area (Å²) in [7, 11) is 0. The molecule has 0 amide bonds. The number of aryl methyl sites for hydroxylation is 1. The summed E-state index contributed by atoms with van der Waals surface area (Å²) in [6.45, 7) is 2.29. The summed E-state index contributed by atoms with van der Waals surface area (Å²) in [6.07, 6.45) is 1.41. The van der Waals surface area contributed by atoms with Gasteiger partial charge in [-0.25, -0.2) is 4.98 Å². The summed E-state index contributed by atoms with van der Waals surface area (Å²) in [5.74, 6) is -4.52. The second-order valence-electron chi connectivity index (χ2n) is 2.49. The van der Waals surface area contributed by atoms with E-state index in [4.69, 9.17) is 0 Å². The SMILES string of the molecule is Cc1cnc(C(=O)C(C)(F)F)s1. The van der Waals surface area contributed by atoms with Crippen LogP contribution < -0.4 is 0 Å². The molecule has 0 N–H and O–H groups in total. The van der Waals surface area contributed by atoms with Crippen molar-refractivity contribution in [1.29, 1.82) is 0 Å². The second kappa shape index (κ2) is 2.90. The average molecular weight is 191 g/mol. The maximum atomic E-state index is 12.4. The Kier molecular flexibility index (Phi) is 2.23. The lowest BCUT2D eigenvalue weighted by Gasteiger charge is -2.04. The molecule has 0 spiro atoms. The normalized spacial score (nSPS) is 11.7. The van der Waals surface area contributed by atoms with Crippen LogP contribution in [0.5, 0.6) is 0 Å². The summed E-state index contributed by atoms with van der Waals surface area (Å²) < 4.78 is 24.9. The van der Waals surface area contributed by atoms with Gasteiger partial charge in [-0.3, -0.25) is 4.79 Å². The quantitative estimate of drug-likeness (QED) is 0.671. The molecule has 0 radical (unpaired) electrons. The van der Waals surface area contributed by atoms with Crippen molar-refractivity contribution in [1.82, 2.24) is 4.98 Å². The van der Waals surface area contributed by atoms with E-state index in [1.54, 1.807) is 6.92 Å². The van der Waals surface area contributed by atoms with E-state index in [-0.39, 0.29) is 5.01 Å². The first-order chi connectivity index (χ1) is 5.41. The minimum Gasteiger partial charge on any atom is -0.285 e. The van der Waals surface area contributed by atoms with E-state index in [0.717, 1.165) is 16.2 Å². The summed E-state index contributed by atoms with van der Waals surface area (Å²) in [5, 5.41) is -0.125. The van der Waals surface area contributed by atoms with Crippen LogP contribution in [0.2, 0.25) is 0 Å². The molecular weight excluding hydrogens is 184 g/mol. The standard InChI is InChI=1S/C7H7F2NOS/c1-4-3-10-6(12-4)5(11)7(2,8)9/h3H,1-2H3. The van der Waals surface area contributed by atoms with Gasteiger partial charge in [0.2, 0.25) is 0 Å². The molecule has 1 rings (SSSR count). The maximum Gasteiger partial charge on any atom is 0.309 e. The molecular formula is C7H7F2NOS. The van der Waals surface area contributed by atoms with Crippen LogP contribution >= 0.6 is 11.3 Å². The molecule has 0 aliphatic carbocycles. The van der Waals surface area contributed by atoms with E-state index in [2.05, 4.69) is 4.98 Å². The van der Waals surface area contributed by atoms with Crippen molar-refractivity contribution in [2.24, 2.45) is 0 Å². The third-order valence-electron chi connectivity index (χ3n) is 1.21. The van der Waals surface area contributed by atoms with E-state index in [1.807, 2.05) is 0 Å². The topological polar surface area (TPSA) is 30.0 Å². The number of Topliss-reactive ketones (excluding diaryl/α,β-unsaturated/α-hetero) is 1. The van der Waals surface area contributed by atoms with Gasteiger partial charge >= 0.3 is 5.92 Å². The van der Waals surface area contributed by atoms with Crippen molar-refractivity contribution in [2.45, 2.75) is 19.8 Å². The van der Waals surface area contributed by atoms with Crippen molar-refractivity contribution in [2.75, 3.05) is 0 Å². The summed E-state index contributed by atoms with van der Waals surface area (Å²) in [6, 6.07) is 0. The fraction of sp³-hybridized carbons (Fsp3) is 0.429. The molecule has 0 atom stereocenters. The number of alkyl halides is 2. The van der Waals surface area contributed by atoms with E-state index < -0.39 is 11.7 Å². The van der Waals surface area contributed by atoms with Gasteiger partial charge in [-0.15, -0.1) is 11.3 Å². The van der Waals surface area contributed by atoms with Crippen LogP contribution in [-0.4, -0.2) is 16.7 Å². The van der Waals surface area contributed by atoms with Gasteiger partial charge in [-0.05, 0) is 6.92 Å². The molecule has 0 bridgehead atoms. The number of ketones is 1. The highest BCUT2D eigenvalue weighted by Crippen LogP contribution is 2.22. The Morgan fingerprint density at radius 3 is 2.58 bits per heavy atom. The molecule has 1 aromatic heterocycles. The molecule has 0 unspecified atom stereocenters. The highest BCUT2D eigenvalue weighted by Gasteiger charge is 2.35. The van der Waals surface area contributed by atoms with Crippen molar-refractivity contribution >= 4 is 17.1 Å². The van der Waals surface area contributed by atoms with E-state index in [1.165, 1.54) is 6.20 Å². The van der Waals surface area contributed by atoms with Gasteiger partial charge in [0.1, 0.15) is 0 Å². The lowest BCUT2D eigenvalue weighted by molar-refractivity contribution is 0.0221. The minimum atomic E-state index is -3.32. The molecule has 5 heteroatoms. The van der Waals surface area contributed by atoms with E-state index in [0.29, 0.717) is 6.92 Å². The number of halogens is 2. The first-order valence-electron chi connectivity index (χ1n) is 3.26. The van der Waals surface area contributed by atoms with Crippen LogP contribution in [0.25, 0.3) is 0 Å². The molecule has 66 valence electrons. The molecule has 1 aromatic rings. The molecule has 0 saturated heterocycles. The Balaban J connectivity index is 2.93. The molecule has 1 heterocycles. The van der Waals surface area contributed by atoms with Gasteiger partial charge in [0.05, 0.1) is 0 Å². The molecule has 0 saturated carbocycles. The number of carbonyl (C=O) groups is 1. The third-order valence-corrected chi connectivity index (χ3v) is 2.13. The highest BCUT2D eigenvalue weighted by molar-refractivity contribution is 7.13. The number of hydrogen-bond donors (Lipinski definition) is 0. The molecule has 12 heavy (non-hydrogen) atoms. The first kappa shape index (κ1) is 9.25. The lowest BCUT2D eigenvalue weighted by atomic mass is 10.2.